The van der Waals surface area contributed by atoms with E-state index in [-0.39, 0.29) is 11.8 Å². The molecule has 2 aromatic heterocycles. The summed E-state index contributed by atoms with van der Waals surface area (Å²) in [6.45, 7) is 4.07. The van der Waals surface area contributed by atoms with Gasteiger partial charge >= 0.3 is 0 Å². The van der Waals surface area contributed by atoms with Crippen molar-refractivity contribution in [3.63, 3.8) is 0 Å². The lowest BCUT2D eigenvalue weighted by Gasteiger charge is -2.31. The Morgan fingerprint density at radius 2 is 2.22 bits per heavy atom. The molecule has 1 aliphatic rings. The quantitative estimate of drug-likeness (QED) is 0.737. The molecule has 0 unspecified atom stereocenters. The van der Waals surface area contributed by atoms with E-state index in [1.54, 1.807) is 24.5 Å². The van der Waals surface area contributed by atoms with E-state index in [1.165, 1.54) is 0 Å². The second-order valence-electron chi connectivity index (χ2n) is 6.63. The Bertz CT molecular complexity index is 777. The largest absolute Gasteiger partial charge is 0.465 e. The number of nitrogens with zero attached hydrogens (tertiary/aromatic N) is 3. The van der Waals surface area contributed by atoms with Crippen LogP contribution in [0.4, 0.5) is 0 Å². The van der Waals surface area contributed by atoms with E-state index in [0.29, 0.717) is 36.2 Å². The van der Waals surface area contributed by atoms with Crippen molar-refractivity contribution in [1.29, 1.82) is 0 Å². The smallest absolute Gasteiger partial charge is 0.264 e. The zero-order valence-corrected chi connectivity index (χ0v) is 16.2. The van der Waals surface area contributed by atoms with Gasteiger partial charge in [0.25, 0.3) is 5.91 Å². The van der Waals surface area contributed by atoms with Crippen LogP contribution in [0.25, 0.3) is 6.08 Å². The van der Waals surface area contributed by atoms with Crippen LogP contribution >= 0.6 is 11.5 Å². The molecule has 0 spiro atoms. The molecular weight excluding hydrogens is 364 g/mol. The minimum absolute atomic E-state index is 0.00572. The van der Waals surface area contributed by atoms with Gasteiger partial charge < -0.3 is 14.6 Å². The lowest BCUT2D eigenvalue weighted by atomic mass is 9.96. The molecule has 3 rings (SSSR count). The maximum Gasteiger partial charge on any atom is 0.264 e. The fourth-order valence-electron chi connectivity index (χ4n) is 3.10. The van der Waals surface area contributed by atoms with Crippen molar-refractivity contribution in [3.05, 3.63) is 40.8 Å². The van der Waals surface area contributed by atoms with Gasteiger partial charge in [0.15, 0.2) is 0 Å². The van der Waals surface area contributed by atoms with Gasteiger partial charge in [0, 0.05) is 25.7 Å². The fraction of sp³-hybridized carbons (Fsp3) is 0.474. The first-order valence-corrected chi connectivity index (χ1v) is 10.0. The second kappa shape index (κ2) is 9.45. The van der Waals surface area contributed by atoms with Crippen molar-refractivity contribution >= 4 is 29.4 Å². The van der Waals surface area contributed by atoms with Crippen LogP contribution in [0.2, 0.25) is 0 Å². The highest BCUT2D eigenvalue weighted by Crippen LogP contribution is 2.18. The van der Waals surface area contributed by atoms with Crippen LogP contribution in [-0.4, -0.2) is 45.9 Å². The number of rotatable bonds is 7. The molecule has 0 aromatic carbocycles. The van der Waals surface area contributed by atoms with E-state index in [0.717, 1.165) is 42.9 Å². The summed E-state index contributed by atoms with van der Waals surface area (Å²) >= 11 is 1.15. The van der Waals surface area contributed by atoms with Crippen molar-refractivity contribution in [1.82, 2.24) is 19.8 Å². The molecular formula is C19H24N4O3S. The maximum absolute atomic E-state index is 12.4. The van der Waals surface area contributed by atoms with Gasteiger partial charge in [-0.15, -0.1) is 5.10 Å². The number of furan rings is 1. The summed E-state index contributed by atoms with van der Waals surface area (Å²) in [5.74, 6) is 0.950. The topological polar surface area (TPSA) is 88.3 Å². The molecule has 1 fully saturated rings. The average Bonchev–Trinajstić information content (AvgIpc) is 3.37. The summed E-state index contributed by atoms with van der Waals surface area (Å²) < 4.78 is 9.09. The highest BCUT2D eigenvalue weighted by Gasteiger charge is 2.23. The third-order valence-corrected chi connectivity index (χ3v) is 5.43. The Kier molecular flexibility index (Phi) is 6.75. The molecule has 144 valence electrons. The molecule has 8 heteroatoms. The van der Waals surface area contributed by atoms with Crippen molar-refractivity contribution in [2.45, 2.75) is 32.6 Å². The van der Waals surface area contributed by atoms with Crippen LogP contribution in [0, 0.1) is 5.92 Å². The maximum atomic E-state index is 12.4. The minimum atomic E-state index is -0.0895. The summed E-state index contributed by atoms with van der Waals surface area (Å²) in [4.78, 5) is 27.0. The summed E-state index contributed by atoms with van der Waals surface area (Å²) in [6, 6.07) is 3.60. The zero-order chi connectivity index (χ0) is 19.1. The molecule has 0 aliphatic carbocycles. The molecule has 2 aromatic rings. The number of likely N-dealkylation sites (tertiary alicyclic amines) is 1. The highest BCUT2D eigenvalue weighted by atomic mass is 32.1. The number of amides is 2. The molecule has 0 radical (unpaired) electrons. The summed E-state index contributed by atoms with van der Waals surface area (Å²) in [5, 5.41) is 7.04. The first kappa shape index (κ1) is 19.3. The number of hydrogen-bond acceptors (Lipinski definition) is 6. The van der Waals surface area contributed by atoms with Crippen molar-refractivity contribution in [3.8, 4) is 0 Å². The van der Waals surface area contributed by atoms with E-state index in [1.807, 2.05) is 11.0 Å². The van der Waals surface area contributed by atoms with Crippen LogP contribution < -0.4 is 5.32 Å². The Hall–Kier alpha value is -2.48. The molecule has 3 heterocycles. The lowest BCUT2D eigenvalue weighted by Crippen LogP contribution is -2.41. The Morgan fingerprint density at radius 1 is 1.41 bits per heavy atom. The van der Waals surface area contributed by atoms with E-state index >= 15 is 0 Å². The Balaban J connectivity index is 1.42. The van der Waals surface area contributed by atoms with Gasteiger partial charge in [-0.3, -0.25) is 9.59 Å². The highest BCUT2D eigenvalue weighted by molar-refractivity contribution is 7.08. The van der Waals surface area contributed by atoms with Gasteiger partial charge in [-0.05, 0) is 54.9 Å². The minimum Gasteiger partial charge on any atom is -0.465 e. The van der Waals surface area contributed by atoms with Gasteiger partial charge in [0.2, 0.25) is 5.91 Å². The predicted octanol–water partition coefficient (Wildman–Crippen LogP) is 2.77. The molecule has 27 heavy (non-hydrogen) atoms. The number of aromatic nitrogens is 2. The molecule has 0 atom stereocenters. The SMILES string of the molecule is CCCc1nnsc1C(=O)NCC1CCN(C(=O)C=Cc2ccco2)CC1. The fourth-order valence-corrected chi connectivity index (χ4v) is 3.73. The summed E-state index contributed by atoms with van der Waals surface area (Å²) in [6.07, 6.45) is 8.28. The predicted molar refractivity (Wildman–Crippen MR) is 103 cm³/mol. The van der Waals surface area contributed by atoms with Crippen LogP contribution in [0.5, 0.6) is 0 Å². The first-order chi connectivity index (χ1) is 13.2. The third kappa shape index (κ3) is 5.26. The molecule has 0 saturated carbocycles. The number of aryl methyl sites for hydroxylation is 1. The molecule has 1 saturated heterocycles. The van der Waals surface area contributed by atoms with Crippen molar-refractivity contribution in [2.75, 3.05) is 19.6 Å². The second-order valence-corrected chi connectivity index (χ2v) is 7.38. The lowest BCUT2D eigenvalue weighted by molar-refractivity contribution is -0.127. The molecule has 2 amide bonds. The Labute approximate surface area is 162 Å². The van der Waals surface area contributed by atoms with Crippen molar-refractivity contribution < 1.29 is 14.0 Å². The number of carbonyl (C=O) groups excluding carboxylic acids is 2. The molecule has 1 aliphatic heterocycles. The standard InChI is InChI=1S/C19H24N4O3S/c1-2-4-16-18(27-22-21-16)19(25)20-13-14-8-10-23(11-9-14)17(24)7-6-15-5-3-12-26-15/h3,5-7,12,14H,2,4,8-11,13H2,1H3,(H,20,25). The van der Waals surface area contributed by atoms with Gasteiger partial charge in [-0.25, -0.2) is 0 Å². The van der Waals surface area contributed by atoms with Crippen LogP contribution in [0.3, 0.4) is 0 Å². The third-order valence-electron chi connectivity index (χ3n) is 4.66. The number of carbonyl (C=O) groups is 2. The summed E-state index contributed by atoms with van der Waals surface area (Å²) in [7, 11) is 0. The van der Waals surface area contributed by atoms with E-state index in [9.17, 15) is 9.59 Å². The van der Waals surface area contributed by atoms with E-state index < -0.39 is 0 Å². The van der Waals surface area contributed by atoms with Crippen molar-refractivity contribution in [2.24, 2.45) is 5.92 Å². The molecule has 0 bridgehead atoms. The van der Waals surface area contributed by atoms with Gasteiger partial charge in [-0.1, -0.05) is 17.8 Å². The molecule has 7 nitrogen and oxygen atoms in total. The monoisotopic (exact) mass is 388 g/mol. The van der Waals surface area contributed by atoms with E-state index in [4.69, 9.17) is 4.42 Å². The van der Waals surface area contributed by atoms with Crippen LogP contribution in [0.1, 0.15) is 47.3 Å². The average molecular weight is 388 g/mol. The van der Waals surface area contributed by atoms with Crippen LogP contribution in [0.15, 0.2) is 28.9 Å². The van der Waals surface area contributed by atoms with Gasteiger partial charge in [0.1, 0.15) is 10.6 Å². The van der Waals surface area contributed by atoms with Gasteiger partial charge in [0.05, 0.1) is 12.0 Å². The zero-order valence-electron chi connectivity index (χ0n) is 15.4. The van der Waals surface area contributed by atoms with Gasteiger partial charge in [-0.2, -0.15) is 0 Å². The normalized spacial score (nSPS) is 15.4. The number of hydrogen-bond donors (Lipinski definition) is 1. The molecule has 1 N–H and O–H groups in total. The summed E-state index contributed by atoms with van der Waals surface area (Å²) in [5.41, 5.74) is 0.781. The van der Waals surface area contributed by atoms with E-state index in [2.05, 4.69) is 21.8 Å². The number of piperidine rings is 1. The number of nitrogens with one attached hydrogen (secondary N) is 1. The first-order valence-electron chi connectivity index (χ1n) is 9.27. The van der Waals surface area contributed by atoms with Crippen LogP contribution in [-0.2, 0) is 11.2 Å². The Morgan fingerprint density at radius 3 is 2.93 bits per heavy atom.